The summed E-state index contributed by atoms with van der Waals surface area (Å²) >= 11 is 0. The van der Waals surface area contributed by atoms with Crippen LogP contribution in [0.3, 0.4) is 0 Å². The molecule has 0 N–H and O–H groups in total. The van der Waals surface area contributed by atoms with Gasteiger partial charge in [-0.05, 0) is 6.92 Å². The van der Waals surface area contributed by atoms with Gasteiger partial charge in [-0.15, -0.1) is 0 Å². The fourth-order valence-corrected chi connectivity index (χ4v) is 0.681. The maximum Gasteiger partial charge on any atom is 0.293 e. The number of hydrogen-bond donors (Lipinski definition) is 0. The van der Waals surface area contributed by atoms with Gasteiger partial charge in [0.25, 0.3) is 6.47 Å². The molecule has 0 aliphatic rings. The lowest BCUT2D eigenvalue weighted by molar-refractivity contribution is -0.135. The lowest BCUT2D eigenvalue weighted by Gasteiger charge is -2.19. The number of carbonyl (C=O) groups is 1. The third-order valence-electron chi connectivity index (χ3n) is 1.53. The molecule has 4 nitrogen and oxygen atoms in total. The molecular formula is C7H14O4. The summed E-state index contributed by atoms with van der Waals surface area (Å²) in [5, 5.41) is 0. The van der Waals surface area contributed by atoms with Gasteiger partial charge in [0.1, 0.15) is 12.7 Å². The SMILES string of the molecule is COC(C)C(COC=O)OC. The minimum Gasteiger partial charge on any atom is -0.465 e. The van der Waals surface area contributed by atoms with Crippen LogP contribution in [-0.2, 0) is 19.0 Å². The molecular weight excluding hydrogens is 148 g/mol. The van der Waals surface area contributed by atoms with Crippen LogP contribution in [0, 0.1) is 0 Å². The summed E-state index contributed by atoms with van der Waals surface area (Å²) in [6, 6.07) is 0. The predicted octanol–water partition coefficient (Wildman–Crippen LogP) is 0.209. The van der Waals surface area contributed by atoms with Crippen molar-refractivity contribution in [3.63, 3.8) is 0 Å². The van der Waals surface area contributed by atoms with E-state index in [1.807, 2.05) is 6.92 Å². The molecule has 0 radical (unpaired) electrons. The van der Waals surface area contributed by atoms with Gasteiger partial charge in [0.2, 0.25) is 0 Å². The number of rotatable bonds is 6. The second-order valence-electron chi connectivity index (χ2n) is 2.14. The molecule has 0 spiro atoms. The largest absolute Gasteiger partial charge is 0.465 e. The van der Waals surface area contributed by atoms with Crippen LogP contribution in [0.15, 0.2) is 0 Å². The fraction of sp³-hybridized carbons (Fsp3) is 0.857. The second kappa shape index (κ2) is 6.12. The van der Waals surface area contributed by atoms with Crippen molar-refractivity contribution in [1.82, 2.24) is 0 Å². The van der Waals surface area contributed by atoms with Crippen LogP contribution in [0.4, 0.5) is 0 Å². The minimum absolute atomic E-state index is 0.0695. The fourth-order valence-electron chi connectivity index (χ4n) is 0.681. The lowest BCUT2D eigenvalue weighted by Crippen LogP contribution is -2.31. The molecule has 66 valence electrons. The predicted molar refractivity (Wildman–Crippen MR) is 39.3 cm³/mol. The Balaban J connectivity index is 3.64. The van der Waals surface area contributed by atoms with Crippen LogP contribution < -0.4 is 0 Å². The minimum atomic E-state index is -0.190. The van der Waals surface area contributed by atoms with Crippen molar-refractivity contribution < 1.29 is 19.0 Å². The van der Waals surface area contributed by atoms with Gasteiger partial charge in [0, 0.05) is 14.2 Å². The van der Waals surface area contributed by atoms with Crippen molar-refractivity contribution >= 4 is 6.47 Å². The Hall–Kier alpha value is -0.610. The number of methoxy groups -OCH3 is 2. The zero-order valence-electron chi connectivity index (χ0n) is 7.07. The summed E-state index contributed by atoms with van der Waals surface area (Å²) < 4.78 is 14.5. The second-order valence-corrected chi connectivity index (χ2v) is 2.14. The normalized spacial score (nSPS) is 15.5. The van der Waals surface area contributed by atoms with E-state index in [1.165, 1.54) is 0 Å². The van der Waals surface area contributed by atoms with E-state index < -0.39 is 0 Å². The van der Waals surface area contributed by atoms with E-state index in [-0.39, 0.29) is 18.8 Å². The van der Waals surface area contributed by atoms with Crippen LogP contribution in [-0.4, -0.2) is 39.5 Å². The molecule has 0 saturated heterocycles. The van der Waals surface area contributed by atoms with E-state index in [9.17, 15) is 4.79 Å². The summed E-state index contributed by atoms with van der Waals surface area (Å²) in [5.74, 6) is 0. The molecule has 0 aliphatic heterocycles. The van der Waals surface area contributed by atoms with Crippen molar-refractivity contribution in [3.8, 4) is 0 Å². The van der Waals surface area contributed by atoms with Crippen LogP contribution >= 0.6 is 0 Å². The topological polar surface area (TPSA) is 44.8 Å². The van der Waals surface area contributed by atoms with Crippen LogP contribution in [0.5, 0.6) is 0 Å². The number of hydrogen-bond acceptors (Lipinski definition) is 4. The maximum atomic E-state index is 9.82. The summed E-state index contributed by atoms with van der Waals surface area (Å²) in [5.41, 5.74) is 0. The van der Waals surface area contributed by atoms with E-state index in [4.69, 9.17) is 9.47 Å². The first-order chi connectivity index (χ1) is 5.26. The number of ether oxygens (including phenoxy) is 3. The average molecular weight is 162 g/mol. The smallest absolute Gasteiger partial charge is 0.293 e. The first kappa shape index (κ1) is 10.4. The quantitative estimate of drug-likeness (QED) is 0.524. The van der Waals surface area contributed by atoms with Gasteiger partial charge in [-0.25, -0.2) is 0 Å². The Morgan fingerprint density at radius 2 is 2.00 bits per heavy atom. The van der Waals surface area contributed by atoms with Gasteiger partial charge in [0.15, 0.2) is 0 Å². The molecule has 0 amide bonds. The molecule has 0 aromatic heterocycles. The maximum absolute atomic E-state index is 9.82. The molecule has 11 heavy (non-hydrogen) atoms. The van der Waals surface area contributed by atoms with E-state index in [1.54, 1.807) is 14.2 Å². The zero-order chi connectivity index (χ0) is 8.69. The van der Waals surface area contributed by atoms with Crippen molar-refractivity contribution in [3.05, 3.63) is 0 Å². The van der Waals surface area contributed by atoms with Crippen molar-refractivity contribution in [2.45, 2.75) is 19.1 Å². The van der Waals surface area contributed by atoms with Crippen LogP contribution in [0.2, 0.25) is 0 Å². The van der Waals surface area contributed by atoms with E-state index in [0.29, 0.717) is 6.47 Å². The van der Waals surface area contributed by atoms with E-state index in [2.05, 4.69) is 4.74 Å². The summed E-state index contributed by atoms with van der Waals surface area (Å²) in [6.07, 6.45) is -0.259. The van der Waals surface area contributed by atoms with Crippen molar-refractivity contribution in [2.75, 3.05) is 20.8 Å². The molecule has 2 unspecified atom stereocenters. The molecule has 0 aromatic rings. The highest BCUT2D eigenvalue weighted by Crippen LogP contribution is 2.01. The highest BCUT2D eigenvalue weighted by atomic mass is 16.6. The summed E-state index contributed by atoms with van der Waals surface area (Å²) in [7, 11) is 3.13. The third-order valence-corrected chi connectivity index (χ3v) is 1.53. The Morgan fingerprint density at radius 3 is 2.36 bits per heavy atom. The van der Waals surface area contributed by atoms with Gasteiger partial charge in [-0.2, -0.15) is 0 Å². The van der Waals surface area contributed by atoms with Gasteiger partial charge in [-0.1, -0.05) is 0 Å². The summed E-state index contributed by atoms with van der Waals surface area (Å²) in [6.45, 7) is 2.48. The number of carbonyl (C=O) groups excluding carboxylic acids is 1. The Bertz CT molecular complexity index is 105. The van der Waals surface area contributed by atoms with Crippen LogP contribution in [0.1, 0.15) is 6.92 Å². The Kier molecular flexibility index (Phi) is 5.78. The molecule has 0 aliphatic carbocycles. The highest BCUT2D eigenvalue weighted by molar-refractivity contribution is 5.36. The monoisotopic (exact) mass is 162 g/mol. The first-order valence-corrected chi connectivity index (χ1v) is 3.37. The Labute approximate surface area is 66.4 Å². The van der Waals surface area contributed by atoms with E-state index in [0.717, 1.165) is 0 Å². The lowest BCUT2D eigenvalue weighted by atomic mass is 10.2. The van der Waals surface area contributed by atoms with Crippen molar-refractivity contribution in [2.24, 2.45) is 0 Å². The van der Waals surface area contributed by atoms with Gasteiger partial charge in [0.05, 0.1) is 6.10 Å². The Morgan fingerprint density at radius 1 is 1.36 bits per heavy atom. The van der Waals surface area contributed by atoms with Gasteiger partial charge >= 0.3 is 0 Å². The molecule has 0 bridgehead atoms. The molecule has 0 fully saturated rings. The molecule has 2 atom stereocenters. The third kappa shape index (κ3) is 3.95. The standard InChI is InChI=1S/C7H14O4/c1-6(9-2)7(10-3)4-11-5-8/h5-7H,4H2,1-3H3. The zero-order valence-corrected chi connectivity index (χ0v) is 7.07. The molecule has 0 saturated carbocycles. The average Bonchev–Trinajstić information content (AvgIpc) is 2.05. The molecule has 4 heteroatoms. The first-order valence-electron chi connectivity index (χ1n) is 3.37. The highest BCUT2D eigenvalue weighted by Gasteiger charge is 2.15. The van der Waals surface area contributed by atoms with Gasteiger partial charge in [-0.3, -0.25) is 4.79 Å². The molecule has 0 rings (SSSR count). The molecule has 0 aromatic carbocycles. The van der Waals surface area contributed by atoms with Gasteiger partial charge < -0.3 is 14.2 Å². The summed E-state index contributed by atoms with van der Waals surface area (Å²) in [4.78, 5) is 9.82. The van der Waals surface area contributed by atoms with E-state index >= 15 is 0 Å². The molecule has 0 heterocycles. The van der Waals surface area contributed by atoms with Crippen molar-refractivity contribution in [1.29, 1.82) is 0 Å². The van der Waals surface area contributed by atoms with Crippen LogP contribution in [0.25, 0.3) is 0 Å².